The van der Waals surface area contributed by atoms with Gasteiger partial charge in [0.1, 0.15) is 6.17 Å². The van der Waals surface area contributed by atoms with Crippen LogP contribution in [0, 0.1) is 5.41 Å². The van der Waals surface area contributed by atoms with Gasteiger partial charge in [0.2, 0.25) is 0 Å². The van der Waals surface area contributed by atoms with Gasteiger partial charge < -0.3 is 15.4 Å². The molecule has 5 heteroatoms. The predicted molar refractivity (Wildman–Crippen MR) is 67.6 cm³/mol. The molecule has 1 unspecified atom stereocenters. The highest BCUT2D eigenvalue weighted by atomic mass is 16.5. The number of hydrogen-bond donors (Lipinski definition) is 3. The first kappa shape index (κ1) is 14.9. The first-order chi connectivity index (χ1) is 7.52. The first-order valence-electron chi connectivity index (χ1n) is 5.36. The van der Waals surface area contributed by atoms with E-state index in [1.165, 1.54) is 6.34 Å². The topological polar surface area (TPSA) is 60.4 Å². The molecule has 0 aromatic heterocycles. The number of methoxy groups -OCH3 is 1. The maximum absolute atomic E-state index is 7.07. The molecule has 0 saturated heterocycles. The SMILES string of the molecule is COC[C@@H](C)N/C=C(\C)C(NC=N)N(C)C. The van der Waals surface area contributed by atoms with Crippen LogP contribution in [0.1, 0.15) is 13.8 Å². The summed E-state index contributed by atoms with van der Waals surface area (Å²) in [4.78, 5) is 2.01. The Labute approximate surface area is 98.4 Å². The number of nitrogens with one attached hydrogen (secondary N) is 3. The Morgan fingerprint density at radius 1 is 1.44 bits per heavy atom. The molecule has 0 bridgehead atoms. The second kappa shape index (κ2) is 8.13. The van der Waals surface area contributed by atoms with Gasteiger partial charge in [-0.05, 0) is 39.7 Å². The van der Waals surface area contributed by atoms with Crippen LogP contribution in [0.4, 0.5) is 0 Å². The molecular weight excluding hydrogens is 204 g/mol. The molecule has 0 rings (SSSR count). The Kier molecular flexibility index (Phi) is 7.58. The molecule has 0 spiro atoms. The summed E-state index contributed by atoms with van der Waals surface area (Å²) in [6.45, 7) is 4.75. The zero-order valence-electron chi connectivity index (χ0n) is 10.9. The molecule has 0 aromatic carbocycles. The van der Waals surface area contributed by atoms with Gasteiger partial charge in [0.15, 0.2) is 0 Å². The fourth-order valence-electron chi connectivity index (χ4n) is 1.42. The third kappa shape index (κ3) is 5.72. The summed E-state index contributed by atoms with van der Waals surface area (Å²) >= 11 is 0. The number of nitrogens with zero attached hydrogens (tertiary/aromatic N) is 1. The summed E-state index contributed by atoms with van der Waals surface area (Å²) in [6, 6.07) is 0.280. The zero-order valence-corrected chi connectivity index (χ0v) is 10.9. The van der Waals surface area contributed by atoms with Crippen molar-refractivity contribution < 1.29 is 4.74 Å². The summed E-state index contributed by atoms with van der Waals surface area (Å²) < 4.78 is 5.04. The van der Waals surface area contributed by atoms with Crippen molar-refractivity contribution in [1.29, 1.82) is 5.41 Å². The van der Waals surface area contributed by atoms with E-state index in [1.54, 1.807) is 7.11 Å². The van der Waals surface area contributed by atoms with Crippen LogP contribution < -0.4 is 10.6 Å². The van der Waals surface area contributed by atoms with E-state index in [-0.39, 0.29) is 12.2 Å². The van der Waals surface area contributed by atoms with Crippen molar-refractivity contribution in [2.75, 3.05) is 27.8 Å². The van der Waals surface area contributed by atoms with Crippen LogP contribution in [0.3, 0.4) is 0 Å². The molecule has 0 saturated carbocycles. The van der Waals surface area contributed by atoms with E-state index in [2.05, 4.69) is 17.6 Å². The molecule has 5 nitrogen and oxygen atoms in total. The van der Waals surface area contributed by atoms with Crippen LogP contribution in [0.25, 0.3) is 0 Å². The van der Waals surface area contributed by atoms with E-state index in [9.17, 15) is 0 Å². The van der Waals surface area contributed by atoms with E-state index in [0.717, 1.165) is 5.57 Å². The lowest BCUT2D eigenvalue weighted by Crippen LogP contribution is -2.42. The molecular formula is C11H24N4O. The molecule has 0 amide bonds. The number of hydrogen-bond acceptors (Lipinski definition) is 4. The van der Waals surface area contributed by atoms with Crippen molar-refractivity contribution >= 4 is 6.34 Å². The van der Waals surface area contributed by atoms with Gasteiger partial charge in [0.05, 0.1) is 12.9 Å². The normalized spacial score (nSPS) is 15.8. The minimum atomic E-state index is 0.0414. The van der Waals surface area contributed by atoms with Crippen LogP contribution in [0.2, 0.25) is 0 Å². The average Bonchev–Trinajstić information content (AvgIpc) is 2.22. The molecule has 0 aliphatic carbocycles. The highest BCUT2D eigenvalue weighted by Gasteiger charge is 2.11. The van der Waals surface area contributed by atoms with Gasteiger partial charge >= 0.3 is 0 Å². The lowest BCUT2D eigenvalue weighted by molar-refractivity contribution is 0.177. The van der Waals surface area contributed by atoms with Gasteiger partial charge in [0.25, 0.3) is 0 Å². The van der Waals surface area contributed by atoms with E-state index < -0.39 is 0 Å². The van der Waals surface area contributed by atoms with Gasteiger partial charge in [-0.25, -0.2) is 0 Å². The maximum atomic E-state index is 7.07. The van der Waals surface area contributed by atoms with Gasteiger partial charge in [-0.2, -0.15) is 0 Å². The highest BCUT2D eigenvalue weighted by molar-refractivity contribution is 5.51. The molecule has 0 radical (unpaired) electrons. The van der Waals surface area contributed by atoms with Crippen molar-refractivity contribution in [2.24, 2.45) is 0 Å². The third-order valence-corrected chi connectivity index (χ3v) is 2.20. The second-order valence-corrected chi connectivity index (χ2v) is 4.09. The van der Waals surface area contributed by atoms with E-state index in [1.807, 2.05) is 32.1 Å². The van der Waals surface area contributed by atoms with Crippen LogP contribution in [-0.4, -0.2) is 51.3 Å². The van der Waals surface area contributed by atoms with Crippen LogP contribution >= 0.6 is 0 Å². The molecule has 0 aliphatic rings. The Hall–Kier alpha value is -1.07. The molecule has 3 N–H and O–H groups in total. The van der Waals surface area contributed by atoms with Crippen molar-refractivity contribution in [2.45, 2.75) is 26.1 Å². The standard InChI is InChI=1S/C11H24N4O/c1-9(6-13-10(2)7-16-5)11(14-8-12)15(3)4/h6,8,10-11,13H,7H2,1-5H3,(H2,12,14)/b9-6+/t10-,11?/m1/s1. The quantitative estimate of drug-likeness (QED) is 0.323. The monoisotopic (exact) mass is 228 g/mol. The van der Waals surface area contributed by atoms with E-state index in [4.69, 9.17) is 10.1 Å². The first-order valence-corrected chi connectivity index (χ1v) is 5.36. The molecule has 0 aromatic rings. The Bertz CT molecular complexity index is 228. The predicted octanol–water partition coefficient (Wildman–Crippen LogP) is 0.599. The molecule has 2 atom stereocenters. The van der Waals surface area contributed by atoms with Crippen molar-refractivity contribution in [3.05, 3.63) is 11.8 Å². The fourth-order valence-corrected chi connectivity index (χ4v) is 1.42. The fraction of sp³-hybridized carbons (Fsp3) is 0.727. The van der Waals surface area contributed by atoms with Gasteiger partial charge in [0, 0.05) is 13.2 Å². The minimum absolute atomic E-state index is 0.0414. The smallest absolute Gasteiger partial charge is 0.103 e. The molecule has 0 aliphatic heterocycles. The van der Waals surface area contributed by atoms with Gasteiger partial charge in [-0.15, -0.1) is 0 Å². The Balaban J connectivity index is 4.30. The summed E-state index contributed by atoms with van der Waals surface area (Å²) in [5.74, 6) is 0. The van der Waals surface area contributed by atoms with E-state index in [0.29, 0.717) is 6.61 Å². The average molecular weight is 228 g/mol. The minimum Gasteiger partial charge on any atom is -0.386 e. The maximum Gasteiger partial charge on any atom is 0.103 e. The Morgan fingerprint density at radius 3 is 2.50 bits per heavy atom. The lowest BCUT2D eigenvalue weighted by atomic mass is 10.2. The summed E-state index contributed by atoms with van der Waals surface area (Å²) in [5.41, 5.74) is 1.12. The third-order valence-electron chi connectivity index (χ3n) is 2.20. The zero-order chi connectivity index (χ0) is 12.6. The molecule has 94 valence electrons. The summed E-state index contributed by atoms with van der Waals surface area (Å²) in [7, 11) is 5.63. The molecule has 16 heavy (non-hydrogen) atoms. The summed E-state index contributed by atoms with van der Waals surface area (Å²) in [5, 5.41) is 13.3. The number of likely N-dealkylation sites (N-methyl/N-ethyl adjacent to an activating group) is 1. The molecule has 0 heterocycles. The van der Waals surface area contributed by atoms with Gasteiger partial charge in [-0.1, -0.05) is 0 Å². The van der Waals surface area contributed by atoms with Crippen molar-refractivity contribution in [3.63, 3.8) is 0 Å². The lowest BCUT2D eigenvalue weighted by Gasteiger charge is -2.25. The Morgan fingerprint density at radius 2 is 2.06 bits per heavy atom. The number of ether oxygens (including phenoxy) is 1. The number of rotatable bonds is 8. The summed E-state index contributed by atoms with van der Waals surface area (Å²) in [6.07, 6.45) is 3.21. The van der Waals surface area contributed by atoms with Crippen LogP contribution in [0.5, 0.6) is 0 Å². The molecule has 0 fully saturated rings. The van der Waals surface area contributed by atoms with Crippen LogP contribution in [0.15, 0.2) is 11.8 Å². The van der Waals surface area contributed by atoms with Crippen molar-refractivity contribution in [3.8, 4) is 0 Å². The largest absolute Gasteiger partial charge is 0.386 e. The van der Waals surface area contributed by atoms with E-state index >= 15 is 0 Å². The van der Waals surface area contributed by atoms with Crippen molar-refractivity contribution in [1.82, 2.24) is 15.5 Å². The van der Waals surface area contributed by atoms with Crippen LogP contribution in [-0.2, 0) is 4.74 Å². The highest BCUT2D eigenvalue weighted by Crippen LogP contribution is 2.02. The second-order valence-electron chi connectivity index (χ2n) is 4.09. The van der Waals surface area contributed by atoms with Gasteiger partial charge in [-0.3, -0.25) is 10.3 Å².